The number of alkyl carbamates (subject to hydrolysis) is 1. The first-order valence-corrected chi connectivity index (χ1v) is 7.90. The Morgan fingerprint density at radius 2 is 2.00 bits per heavy atom. The summed E-state index contributed by atoms with van der Waals surface area (Å²) in [5, 5.41) is 13.6. The number of carbonyl (C=O) groups excluding carboxylic acids is 1. The number of nitrogens with one attached hydrogen (secondary N) is 1. The number of amides is 1. The van der Waals surface area contributed by atoms with Crippen LogP contribution in [-0.4, -0.2) is 17.6 Å². The van der Waals surface area contributed by atoms with Crippen LogP contribution < -0.4 is 5.32 Å². The van der Waals surface area contributed by atoms with Gasteiger partial charge in [-0.05, 0) is 17.7 Å². The van der Waals surface area contributed by atoms with Crippen LogP contribution in [0.5, 0.6) is 0 Å². The van der Waals surface area contributed by atoms with Gasteiger partial charge in [-0.2, -0.15) is 0 Å². The minimum atomic E-state index is -0.547. The molecule has 6 nitrogen and oxygen atoms in total. The fourth-order valence-corrected chi connectivity index (χ4v) is 2.27. The van der Waals surface area contributed by atoms with Crippen LogP contribution in [0.15, 0.2) is 59.1 Å². The molecule has 0 aliphatic rings. The van der Waals surface area contributed by atoms with Crippen molar-refractivity contribution >= 4 is 33.8 Å². The van der Waals surface area contributed by atoms with Gasteiger partial charge in [0.2, 0.25) is 0 Å². The van der Waals surface area contributed by atoms with Crippen LogP contribution >= 0.6 is 15.9 Å². The lowest BCUT2D eigenvalue weighted by molar-refractivity contribution is -0.385. The highest BCUT2D eigenvalue weighted by Crippen LogP contribution is 2.24. The minimum absolute atomic E-state index is 0.00715. The van der Waals surface area contributed by atoms with Crippen LogP contribution in [0.25, 0.3) is 6.08 Å². The fraction of sp³-hybridized carbons (Fsp3) is 0.118. The van der Waals surface area contributed by atoms with Crippen molar-refractivity contribution in [1.82, 2.24) is 5.32 Å². The third-order valence-corrected chi connectivity index (χ3v) is 3.56. The molecule has 0 atom stereocenters. The normalized spacial score (nSPS) is 10.5. The molecule has 7 heteroatoms. The molecule has 0 saturated heterocycles. The number of rotatable bonds is 6. The van der Waals surface area contributed by atoms with E-state index in [0.717, 1.165) is 5.56 Å². The number of halogens is 1. The van der Waals surface area contributed by atoms with Crippen LogP contribution in [0.3, 0.4) is 0 Å². The first-order chi connectivity index (χ1) is 11.6. The summed E-state index contributed by atoms with van der Waals surface area (Å²) in [5.74, 6) is 0. The van der Waals surface area contributed by atoms with Crippen molar-refractivity contribution in [1.29, 1.82) is 0 Å². The van der Waals surface area contributed by atoms with E-state index in [1.807, 2.05) is 30.3 Å². The molecular formula is C17H15BrN2O4. The average Bonchev–Trinajstić information content (AvgIpc) is 2.58. The maximum absolute atomic E-state index is 11.6. The molecule has 0 bridgehead atoms. The molecule has 2 aromatic carbocycles. The highest BCUT2D eigenvalue weighted by molar-refractivity contribution is 9.10. The first-order valence-electron chi connectivity index (χ1n) is 7.11. The van der Waals surface area contributed by atoms with Crippen molar-refractivity contribution in [2.24, 2.45) is 0 Å². The number of hydrogen-bond donors (Lipinski definition) is 1. The third kappa shape index (κ3) is 5.51. The van der Waals surface area contributed by atoms with Crippen molar-refractivity contribution < 1.29 is 14.5 Å². The summed E-state index contributed by atoms with van der Waals surface area (Å²) in [5.41, 5.74) is 1.35. The van der Waals surface area contributed by atoms with E-state index in [4.69, 9.17) is 4.74 Å². The number of nitro benzene ring substituents is 1. The topological polar surface area (TPSA) is 81.5 Å². The molecule has 24 heavy (non-hydrogen) atoms. The van der Waals surface area contributed by atoms with Gasteiger partial charge >= 0.3 is 6.09 Å². The Balaban J connectivity index is 1.82. The van der Waals surface area contributed by atoms with Gasteiger partial charge in [-0.25, -0.2) is 4.79 Å². The van der Waals surface area contributed by atoms with Crippen LogP contribution in [-0.2, 0) is 11.3 Å². The lowest BCUT2D eigenvalue weighted by Crippen LogP contribution is -2.24. The van der Waals surface area contributed by atoms with Crippen molar-refractivity contribution in [2.45, 2.75) is 6.61 Å². The minimum Gasteiger partial charge on any atom is -0.445 e. The molecule has 0 fully saturated rings. The Bertz CT molecular complexity index is 748. The van der Waals surface area contributed by atoms with Crippen molar-refractivity contribution in [3.63, 3.8) is 0 Å². The molecule has 0 spiro atoms. The second kappa shape index (κ2) is 8.83. The molecule has 0 aliphatic heterocycles. The summed E-state index contributed by atoms with van der Waals surface area (Å²) in [7, 11) is 0. The highest BCUT2D eigenvalue weighted by Gasteiger charge is 2.11. The molecule has 124 valence electrons. The van der Waals surface area contributed by atoms with E-state index in [9.17, 15) is 14.9 Å². The van der Waals surface area contributed by atoms with E-state index < -0.39 is 11.0 Å². The van der Waals surface area contributed by atoms with E-state index in [1.54, 1.807) is 24.3 Å². The summed E-state index contributed by atoms with van der Waals surface area (Å²) in [6.07, 6.45) is 2.66. The fourth-order valence-electron chi connectivity index (χ4n) is 1.92. The molecule has 2 aromatic rings. The molecule has 0 heterocycles. The second-order valence-corrected chi connectivity index (χ2v) is 5.72. The lowest BCUT2D eigenvalue weighted by atomic mass is 10.1. The average molecular weight is 391 g/mol. The molecule has 0 saturated carbocycles. The van der Waals surface area contributed by atoms with Gasteiger partial charge in [0.05, 0.1) is 10.5 Å². The van der Waals surface area contributed by atoms with Crippen LogP contribution in [0, 0.1) is 10.1 Å². The SMILES string of the molecule is O=C(NCC=Cc1ccc(Br)cc1[N+](=O)[O-])OCc1ccccc1. The van der Waals surface area contributed by atoms with Crippen LogP contribution in [0.1, 0.15) is 11.1 Å². The van der Waals surface area contributed by atoms with E-state index >= 15 is 0 Å². The highest BCUT2D eigenvalue weighted by atomic mass is 79.9. The Morgan fingerprint density at radius 3 is 2.71 bits per heavy atom. The van der Waals surface area contributed by atoms with Gasteiger partial charge in [-0.1, -0.05) is 58.4 Å². The second-order valence-electron chi connectivity index (χ2n) is 4.81. The third-order valence-electron chi connectivity index (χ3n) is 3.06. The zero-order chi connectivity index (χ0) is 17.4. The van der Waals surface area contributed by atoms with Crippen molar-refractivity contribution in [3.05, 3.63) is 80.3 Å². The molecule has 2 rings (SSSR count). The smallest absolute Gasteiger partial charge is 0.407 e. The summed E-state index contributed by atoms with van der Waals surface area (Å²) < 4.78 is 5.69. The Labute approximate surface area is 147 Å². The summed E-state index contributed by atoms with van der Waals surface area (Å²) in [6.45, 7) is 0.398. The van der Waals surface area contributed by atoms with Gasteiger partial charge in [0.1, 0.15) is 6.61 Å². The number of nitro groups is 1. The first kappa shape index (κ1) is 17.7. The molecule has 0 aliphatic carbocycles. The van der Waals surface area contributed by atoms with E-state index in [-0.39, 0.29) is 18.8 Å². The van der Waals surface area contributed by atoms with Crippen LogP contribution in [0.2, 0.25) is 0 Å². The van der Waals surface area contributed by atoms with E-state index in [0.29, 0.717) is 10.0 Å². The van der Waals surface area contributed by atoms with Gasteiger partial charge in [-0.15, -0.1) is 0 Å². The van der Waals surface area contributed by atoms with E-state index in [2.05, 4.69) is 21.2 Å². The molecule has 0 radical (unpaired) electrons. The predicted octanol–water partition coefficient (Wildman–Crippen LogP) is 4.30. The van der Waals surface area contributed by atoms with Crippen LogP contribution in [0.4, 0.5) is 10.5 Å². The Kier molecular flexibility index (Phi) is 6.51. The van der Waals surface area contributed by atoms with Gasteiger partial charge in [0, 0.05) is 17.1 Å². The Hall–Kier alpha value is -2.67. The molecule has 0 aromatic heterocycles. The molecule has 1 amide bonds. The Morgan fingerprint density at radius 1 is 1.25 bits per heavy atom. The number of carbonyl (C=O) groups is 1. The summed E-state index contributed by atoms with van der Waals surface area (Å²) in [6, 6.07) is 14.1. The van der Waals surface area contributed by atoms with Gasteiger partial charge in [-0.3, -0.25) is 10.1 Å². The number of ether oxygens (including phenoxy) is 1. The summed E-state index contributed by atoms with van der Waals surface area (Å²) in [4.78, 5) is 22.1. The quantitative estimate of drug-likeness (QED) is 0.588. The van der Waals surface area contributed by atoms with E-state index in [1.165, 1.54) is 6.07 Å². The largest absolute Gasteiger partial charge is 0.445 e. The monoisotopic (exact) mass is 390 g/mol. The molecular weight excluding hydrogens is 376 g/mol. The standard InChI is InChI=1S/C17H15BrN2O4/c18-15-9-8-14(16(11-15)20(22)23)7-4-10-19-17(21)24-12-13-5-2-1-3-6-13/h1-9,11H,10,12H2,(H,19,21). The number of benzene rings is 2. The number of nitrogens with zero attached hydrogens (tertiary/aromatic N) is 1. The van der Waals surface area contributed by atoms with Crippen molar-refractivity contribution in [2.75, 3.05) is 6.54 Å². The zero-order valence-electron chi connectivity index (χ0n) is 12.6. The van der Waals surface area contributed by atoms with Gasteiger partial charge in [0.15, 0.2) is 0 Å². The number of hydrogen-bond acceptors (Lipinski definition) is 4. The zero-order valence-corrected chi connectivity index (χ0v) is 14.2. The van der Waals surface area contributed by atoms with Gasteiger partial charge in [0.25, 0.3) is 5.69 Å². The maximum Gasteiger partial charge on any atom is 0.407 e. The van der Waals surface area contributed by atoms with Crippen molar-refractivity contribution in [3.8, 4) is 0 Å². The van der Waals surface area contributed by atoms with Gasteiger partial charge < -0.3 is 10.1 Å². The molecule has 0 unspecified atom stereocenters. The predicted molar refractivity (Wildman–Crippen MR) is 94.5 cm³/mol. The molecule has 1 N–H and O–H groups in total. The maximum atomic E-state index is 11.6. The summed E-state index contributed by atoms with van der Waals surface area (Å²) >= 11 is 3.20. The lowest BCUT2D eigenvalue weighted by Gasteiger charge is -2.05.